The Balaban J connectivity index is 2.10. The van der Waals surface area contributed by atoms with Crippen molar-refractivity contribution in [2.24, 2.45) is 0 Å². The average Bonchev–Trinajstić information content (AvgIpc) is 2.57. The van der Waals surface area contributed by atoms with E-state index in [-0.39, 0.29) is 23.7 Å². The van der Waals surface area contributed by atoms with Crippen molar-refractivity contribution in [2.45, 2.75) is 33.3 Å². The lowest BCUT2D eigenvalue weighted by atomic mass is 10.1. The van der Waals surface area contributed by atoms with E-state index in [2.05, 4.69) is 0 Å². The fraction of sp³-hybridized carbons (Fsp3) is 0.263. The van der Waals surface area contributed by atoms with Crippen molar-refractivity contribution in [1.82, 2.24) is 0 Å². The van der Waals surface area contributed by atoms with Gasteiger partial charge in [0.15, 0.2) is 11.5 Å². The van der Waals surface area contributed by atoms with Gasteiger partial charge >= 0.3 is 0 Å². The highest BCUT2D eigenvalue weighted by Crippen LogP contribution is 2.28. The Morgan fingerprint density at radius 1 is 1.00 bits per heavy atom. The van der Waals surface area contributed by atoms with E-state index in [1.54, 1.807) is 25.1 Å². The minimum atomic E-state index is -1.17. The van der Waals surface area contributed by atoms with E-state index in [4.69, 9.17) is 9.47 Å². The highest BCUT2D eigenvalue weighted by molar-refractivity contribution is 5.35. The summed E-state index contributed by atoms with van der Waals surface area (Å²) >= 11 is 0. The van der Waals surface area contributed by atoms with Crippen LogP contribution < -0.4 is 9.47 Å². The van der Waals surface area contributed by atoms with Crippen molar-refractivity contribution >= 4 is 0 Å². The van der Waals surface area contributed by atoms with E-state index in [1.165, 1.54) is 24.5 Å². The quantitative estimate of drug-likeness (QED) is 0.617. The Kier molecular flexibility index (Phi) is 6.29. The highest BCUT2D eigenvalue weighted by Gasteiger charge is 2.16. The van der Waals surface area contributed by atoms with E-state index in [9.17, 15) is 13.2 Å². The number of hydrogen-bond acceptors (Lipinski definition) is 2. The number of benzene rings is 2. The number of hydrogen-bond donors (Lipinski definition) is 0. The molecule has 0 saturated heterocycles. The molecule has 2 nitrogen and oxygen atoms in total. The molecule has 2 aromatic rings. The number of halogens is 3. The van der Waals surface area contributed by atoms with Crippen molar-refractivity contribution in [3.63, 3.8) is 0 Å². The lowest BCUT2D eigenvalue weighted by molar-refractivity contribution is 0.277. The average molecular weight is 336 g/mol. The minimum absolute atomic E-state index is 0.191. The van der Waals surface area contributed by atoms with Gasteiger partial charge in [0.25, 0.3) is 0 Å². The van der Waals surface area contributed by atoms with Crippen molar-refractivity contribution in [1.29, 1.82) is 0 Å². The molecule has 2 rings (SSSR count). The zero-order valence-electron chi connectivity index (χ0n) is 13.6. The molecule has 0 amide bonds. The summed E-state index contributed by atoms with van der Waals surface area (Å²) in [5.74, 6) is -3.27. The number of ether oxygens (including phenoxy) is 2. The maximum Gasteiger partial charge on any atom is 0.205 e. The van der Waals surface area contributed by atoms with Crippen molar-refractivity contribution in [2.75, 3.05) is 0 Å². The largest absolute Gasteiger partial charge is 0.486 e. The lowest BCUT2D eigenvalue weighted by Gasteiger charge is -2.11. The van der Waals surface area contributed by atoms with Gasteiger partial charge in [0.2, 0.25) is 11.6 Å². The molecule has 5 heteroatoms. The Labute approximate surface area is 139 Å². The van der Waals surface area contributed by atoms with Crippen molar-refractivity contribution in [3.05, 3.63) is 71.2 Å². The second kappa shape index (κ2) is 8.43. The molecule has 0 aromatic heterocycles. The van der Waals surface area contributed by atoms with Crippen LogP contribution >= 0.6 is 0 Å². The third kappa shape index (κ3) is 4.31. The van der Waals surface area contributed by atoms with E-state index in [1.807, 2.05) is 6.92 Å². The number of allylic oxidation sites excluding steroid dienone is 1. The molecule has 0 atom stereocenters. The zero-order chi connectivity index (χ0) is 17.5. The van der Waals surface area contributed by atoms with Crippen LogP contribution in [-0.2, 0) is 13.0 Å². The first-order chi connectivity index (χ1) is 11.6. The van der Waals surface area contributed by atoms with Gasteiger partial charge in [0.05, 0.1) is 6.26 Å². The van der Waals surface area contributed by atoms with E-state index in [0.29, 0.717) is 0 Å². The molecule has 0 unspecified atom stereocenters. The Morgan fingerprint density at radius 3 is 2.38 bits per heavy atom. The molecule has 0 spiro atoms. The van der Waals surface area contributed by atoms with Gasteiger partial charge in [0.1, 0.15) is 12.4 Å². The van der Waals surface area contributed by atoms with Gasteiger partial charge in [0, 0.05) is 5.56 Å². The van der Waals surface area contributed by atoms with Crippen LogP contribution in [0.15, 0.2) is 42.7 Å². The second-order valence-electron chi connectivity index (χ2n) is 5.24. The van der Waals surface area contributed by atoms with E-state index < -0.39 is 17.5 Å². The summed E-state index contributed by atoms with van der Waals surface area (Å²) in [4.78, 5) is 0. The Hall–Kier alpha value is -2.43. The summed E-state index contributed by atoms with van der Waals surface area (Å²) in [6, 6.07) is 7.34. The van der Waals surface area contributed by atoms with Gasteiger partial charge in [-0.05, 0) is 37.1 Å². The SMILES string of the molecule is C/C=C/Oc1ccc(OCc2ccc(CCC)cc2F)c(F)c1F. The Bertz CT molecular complexity index is 727. The normalized spacial score (nSPS) is 11.0. The first-order valence-electron chi connectivity index (χ1n) is 7.72. The summed E-state index contributed by atoms with van der Waals surface area (Å²) in [6.45, 7) is 3.51. The lowest BCUT2D eigenvalue weighted by Crippen LogP contribution is -2.02. The van der Waals surface area contributed by atoms with Crippen LogP contribution in [0.5, 0.6) is 11.5 Å². The highest BCUT2D eigenvalue weighted by atomic mass is 19.2. The van der Waals surface area contributed by atoms with Gasteiger partial charge in [-0.15, -0.1) is 0 Å². The fourth-order valence-corrected chi connectivity index (χ4v) is 2.17. The van der Waals surface area contributed by atoms with Crippen molar-refractivity contribution < 1.29 is 22.6 Å². The maximum absolute atomic E-state index is 14.0. The molecule has 0 aliphatic heterocycles. The first kappa shape index (κ1) is 17.9. The van der Waals surface area contributed by atoms with Crippen molar-refractivity contribution in [3.8, 4) is 11.5 Å². The summed E-state index contributed by atoms with van der Waals surface area (Å²) < 4.78 is 51.9. The van der Waals surface area contributed by atoms with Crippen LogP contribution in [0.25, 0.3) is 0 Å². The topological polar surface area (TPSA) is 18.5 Å². The standard InChI is InChI=1S/C19H19F3O2/c1-3-5-13-6-7-14(15(20)11-13)12-24-17-9-8-16(23-10-4-2)18(21)19(17)22/h4,6-11H,3,5,12H2,1-2H3/b10-4+. The van der Waals surface area contributed by atoms with Gasteiger partial charge in [-0.25, -0.2) is 4.39 Å². The van der Waals surface area contributed by atoms with Crippen LogP contribution in [0.2, 0.25) is 0 Å². The monoisotopic (exact) mass is 336 g/mol. The zero-order valence-corrected chi connectivity index (χ0v) is 13.6. The van der Waals surface area contributed by atoms with E-state index >= 15 is 0 Å². The second-order valence-corrected chi connectivity index (χ2v) is 5.24. The van der Waals surface area contributed by atoms with Gasteiger partial charge in [-0.3, -0.25) is 0 Å². The predicted molar refractivity (Wildman–Crippen MR) is 86.5 cm³/mol. The molecule has 0 fully saturated rings. The summed E-state index contributed by atoms with van der Waals surface area (Å²) in [5.41, 5.74) is 1.17. The molecule has 0 N–H and O–H groups in total. The van der Waals surface area contributed by atoms with Gasteiger partial charge < -0.3 is 9.47 Å². The van der Waals surface area contributed by atoms with Crippen LogP contribution in [0.1, 0.15) is 31.4 Å². The predicted octanol–water partition coefficient (Wildman–Crippen LogP) is 5.55. The molecule has 0 heterocycles. The van der Waals surface area contributed by atoms with Crippen LogP contribution in [0, 0.1) is 17.5 Å². The summed E-state index contributed by atoms with van der Waals surface area (Å²) in [7, 11) is 0. The molecular weight excluding hydrogens is 317 g/mol. The summed E-state index contributed by atoms with van der Waals surface area (Å²) in [6.07, 6.45) is 4.49. The van der Waals surface area contributed by atoms with Crippen LogP contribution in [0.4, 0.5) is 13.2 Å². The van der Waals surface area contributed by atoms with Crippen LogP contribution in [0.3, 0.4) is 0 Å². The fourth-order valence-electron chi connectivity index (χ4n) is 2.17. The molecule has 0 radical (unpaired) electrons. The summed E-state index contributed by atoms with van der Waals surface area (Å²) in [5, 5.41) is 0. The smallest absolute Gasteiger partial charge is 0.205 e. The van der Waals surface area contributed by atoms with Gasteiger partial charge in [-0.2, -0.15) is 8.78 Å². The molecule has 0 bridgehead atoms. The molecular formula is C19H19F3O2. The third-order valence-electron chi connectivity index (χ3n) is 3.38. The van der Waals surface area contributed by atoms with E-state index in [0.717, 1.165) is 18.4 Å². The Morgan fingerprint density at radius 2 is 1.71 bits per heavy atom. The molecule has 0 aliphatic carbocycles. The molecule has 24 heavy (non-hydrogen) atoms. The molecule has 128 valence electrons. The van der Waals surface area contributed by atoms with Crippen LogP contribution in [-0.4, -0.2) is 0 Å². The first-order valence-corrected chi connectivity index (χ1v) is 7.72. The number of rotatable bonds is 7. The maximum atomic E-state index is 14.0. The van der Waals surface area contributed by atoms with Gasteiger partial charge in [-0.1, -0.05) is 31.6 Å². The molecule has 0 aliphatic rings. The molecule has 0 saturated carbocycles. The molecule has 2 aromatic carbocycles. The number of aryl methyl sites for hydroxylation is 1. The minimum Gasteiger partial charge on any atom is -0.486 e. The third-order valence-corrected chi connectivity index (χ3v) is 3.38.